The van der Waals surface area contributed by atoms with Crippen LogP contribution in [0.2, 0.25) is 0 Å². The molecule has 0 aromatic carbocycles. The molecule has 2 rings (SSSR count). The molecular weight excluding hydrogens is 261 g/mol. The van der Waals surface area contributed by atoms with Crippen molar-refractivity contribution < 1.29 is 52.4 Å². The molecule has 77 valence electrons. The zero-order valence-electron chi connectivity index (χ0n) is 8.30. The normalized spacial score (nSPS) is 38.9. The van der Waals surface area contributed by atoms with E-state index in [1.165, 1.54) is 0 Å². The molecule has 0 aromatic heterocycles. The van der Waals surface area contributed by atoms with Crippen LogP contribution in [0.1, 0.15) is 13.8 Å². The van der Waals surface area contributed by atoms with Crippen LogP contribution in [0.4, 0.5) is 0 Å². The third-order valence-corrected chi connectivity index (χ3v) is 2.40. The van der Waals surface area contributed by atoms with E-state index in [1.54, 1.807) is 19.9 Å². The summed E-state index contributed by atoms with van der Waals surface area (Å²) >= 11 is 0. The average Bonchev–Trinajstić information content (AvgIpc) is 2.47. The first-order chi connectivity index (χ1) is 6.03. The summed E-state index contributed by atoms with van der Waals surface area (Å²) in [5, 5.41) is 18.5. The van der Waals surface area contributed by atoms with Gasteiger partial charge in [-0.25, -0.2) is 0 Å². The number of ether oxygens (including phenoxy) is 2. The van der Waals surface area contributed by atoms with Gasteiger partial charge in [0.25, 0.3) is 0 Å². The molecule has 1 radical (unpaired) electrons. The van der Waals surface area contributed by atoms with Crippen molar-refractivity contribution in [1.29, 1.82) is 0 Å². The van der Waals surface area contributed by atoms with E-state index in [2.05, 4.69) is 0 Å². The molecule has 14 heavy (non-hydrogen) atoms. The van der Waals surface area contributed by atoms with Crippen molar-refractivity contribution in [2.75, 3.05) is 6.61 Å². The Hall–Kier alpha value is 0.684. The van der Waals surface area contributed by atoms with Gasteiger partial charge in [-0.3, -0.25) is 0 Å². The van der Waals surface area contributed by atoms with Crippen molar-refractivity contribution in [1.82, 2.24) is 0 Å². The van der Waals surface area contributed by atoms with E-state index in [9.17, 15) is 5.11 Å². The van der Waals surface area contributed by atoms with Crippen molar-refractivity contribution in [2.24, 2.45) is 0 Å². The summed E-state index contributed by atoms with van der Waals surface area (Å²) in [4.78, 5) is 0. The number of fused-ring (bicyclic) bond motifs is 1. The Kier molecular flexibility index (Phi) is 3.90. The number of aliphatic hydroxyl groups is 2. The smallest absolute Gasteiger partial charge is 0.164 e. The van der Waals surface area contributed by atoms with E-state index in [0.717, 1.165) is 0 Å². The number of aliphatic hydroxyl groups excluding tert-OH is 2. The monoisotopic (exact) mass is 275 g/mol. The first kappa shape index (κ1) is 12.8. The van der Waals surface area contributed by atoms with Gasteiger partial charge in [-0.2, -0.15) is 0 Å². The second kappa shape index (κ2) is 4.28. The van der Waals surface area contributed by atoms with Gasteiger partial charge in [0, 0.05) is 32.7 Å². The van der Waals surface area contributed by atoms with E-state index >= 15 is 0 Å². The minimum absolute atomic E-state index is 0. The molecule has 0 bridgehead atoms. The quantitative estimate of drug-likeness (QED) is 0.651. The Morgan fingerprint density at radius 1 is 1.43 bits per heavy atom. The van der Waals surface area contributed by atoms with Crippen LogP contribution in [0.15, 0.2) is 11.6 Å². The summed E-state index contributed by atoms with van der Waals surface area (Å²) in [5.74, 6) is -0.662. The van der Waals surface area contributed by atoms with E-state index in [1.807, 2.05) is 0 Å². The molecule has 4 nitrogen and oxygen atoms in total. The summed E-state index contributed by atoms with van der Waals surface area (Å²) in [5.41, 5.74) is 0.711. The van der Waals surface area contributed by atoms with E-state index in [0.29, 0.717) is 5.57 Å². The van der Waals surface area contributed by atoms with Gasteiger partial charge in [-0.1, -0.05) is 0 Å². The standard InChI is InChI=1S/C9H14O4.Y/c1-9(2)12-7-5(4-10)3-6(11)8(7)13-9;/h3,6-8,10-11H,4H2,1-2H3;/t6-,7+,8?;/m1./s1. The fraction of sp³-hybridized carbons (Fsp3) is 0.778. The van der Waals surface area contributed by atoms with Crippen molar-refractivity contribution in [3.63, 3.8) is 0 Å². The maximum absolute atomic E-state index is 9.54. The summed E-state index contributed by atoms with van der Waals surface area (Å²) in [6.07, 6.45) is 0.311. The second-order valence-electron chi connectivity index (χ2n) is 3.91. The van der Waals surface area contributed by atoms with Gasteiger partial charge in [-0.05, 0) is 25.5 Å². The molecule has 1 fully saturated rings. The Morgan fingerprint density at radius 3 is 2.64 bits per heavy atom. The largest absolute Gasteiger partial charge is 0.392 e. The SMILES string of the molecule is CC1(C)OC2[C@H](O)C=C(CO)[C@@H]2O1.[Y]. The molecule has 1 saturated heterocycles. The molecule has 5 heteroatoms. The first-order valence-electron chi connectivity index (χ1n) is 4.38. The molecule has 0 spiro atoms. The number of rotatable bonds is 1. The third-order valence-electron chi connectivity index (χ3n) is 2.40. The number of hydrogen-bond donors (Lipinski definition) is 2. The summed E-state index contributed by atoms with van der Waals surface area (Å²) in [6, 6.07) is 0. The van der Waals surface area contributed by atoms with Gasteiger partial charge >= 0.3 is 0 Å². The van der Waals surface area contributed by atoms with Crippen LogP contribution in [-0.2, 0) is 42.2 Å². The van der Waals surface area contributed by atoms with Crippen molar-refractivity contribution in [3.05, 3.63) is 11.6 Å². The van der Waals surface area contributed by atoms with Crippen LogP contribution >= 0.6 is 0 Å². The van der Waals surface area contributed by atoms with Crippen LogP contribution in [0.5, 0.6) is 0 Å². The molecule has 0 amide bonds. The van der Waals surface area contributed by atoms with Crippen LogP contribution in [0.3, 0.4) is 0 Å². The topological polar surface area (TPSA) is 58.9 Å². The molecule has 0 aromatic rings. The number of hydrogen-bond acceptors (Lipinski definition) is 4. The zero-order valence-corrected chi connectivity index (χ0v) is 11.1. The Morgan fingerprint density at radius 2 is 2.07 bits per heavy atom. The van der Waals surface area contributed by atoms with Crippen LogP contribution in [0.25, 0.3) is 0 Å². The zero-order chi connectivity index (χ0) is 9.64. The minimum Gasteiger partial charge on any atom is -0.392 e. The molecule has 1 aliphatic carbocycles. The Balaban J connectivity index is 0.000000980. The van der Waals surface area contributed by atoms with E-state index in [-0.39, 0.29) is 51.5 Å². The molecule has 2 aliphatic rings. The third kappa shape index (κ3) is 2.10. The Labute approximate surface area is 108 Å². The summed E-state index contributed by atoms with van der Waals surface area (Å²) < 4.78 is 11.0. The minimum atomic E-state index is -0.662. The van der Waals surface area contributed by atoms with Gasteiger partial charge in [-0.15, -0.1) is 0 Å². The van der Waals surface area contributed by atoms with Gasteiger partial charge in [0.2, 0.25) is 0 Å². The van der Waals surface area contributed by atoms with Crippen LogP contribution < -0.4 is 0 Å². The van der Waals surface area contributed by atoms with Gasteiger partial charge in [0.05, 0.1) is 6.61 Å². The van der Waals surface area contributed by atoms with Gasteiger partial charge < -0.3 is 19.7 Å². The van der Waals surface area contributed by atoms with Crippen molar-refractivity contribution in [3.8, 4) is 0 Å². The molecule has 1 heterocycles. The molecule has 2 N–H and O–H groups in total. The van der Waals surface area contributed by atoms with Crippen LogP contribution in [0, 0.1) is 0 Å². The van der Waals surface area contributed by atoms with Gasteiger partial charge in [0.15, 0.2) is 5.79 Å². The predicted molar refractivity (Wildman–Crippen MR) is 45.0 cm³/mol. The first-order valence-corrected chi connectivity index (χ1v) is 4.38. The van der Waals surface area contributed by atoms with E-state index in [4.69, 9.17) is 14.6 Å². The second-order valence-corrected chi connectivity index (χ2v) is 3.91. The molecular formula is C9H14O4Y. The average molecular weight is 275 g/mol. The van der Waals surface area contributed by atoms with E-state index < -0.39 is 11.9 Å². The molecule has 1 unspecified atom stereocenters. The molecule has 0 saturated carbocycles. The maximum atomic E-state index is 9.54. The summed E-state index contributed by atoms with van der Waals surface area (Å²) in [7, 11) is 0. The molecule has 3 atom stereocenters. The maximum Gasteiger partial charge on any atom is 0.164 e. The van der Waals surface area contributed by atoms with Crippen molar-refractivity contribution in [2.45, 2.75) is 37.9 Å². The van der Waals surface area contributed by atoms with Crippen molar-refractivity contribution >= 4 is 0 Å². The Bertz CT molecular complexity index is 251. The molecule has 1 aliphatic heterocycles. The fourth-order valence-electron chi connectivity index (χ4n) is 1.88. The fourth-order valence-corrected chi connectivity index (χ4v) is 1.88. The van der Waals surface area contributed by atoms with Crippen LogP contribution in [-0.4, -0.2) is 40.9 Å². The summed E-state index contributed by atoms with van der Waals surface area (Å²) in [6.45, 7) is 3.51. The predicted octanol–water partition coefficient (Wildman–Crippen LogP) is -0.203. The van der Waals surface area contributed by atoms with Gasteiger partial charge in [0.1, 0.15) is 18.3 Å².